The summed E-state index contributed by atoms with van der Waals surface area (Å²) in [7, 11) is 0. The van der Waals surface area contributed by atoms with Crippen molar-refractivity contribution in [3.05, 3.63) is 0 Å². The SMILES string of the molecule is CSC(C)COC(=O)C(C)C. The average molecular weight is 176 g/mol. The van der Waals surface area contributed by atoms with Gasteiger partial charge in [-0.25, -0.2) is 0 Å². The van der Waals surface area contributed by atoms with Gasteiger partial charge in [-0.3, -0.25) is 4.79 Å². The molecule has 1 unspecified atom stereocenters. The van der Waals surface area contributed by atoms with Crippen LogP contribution in [0.4, 0.5) is 0 Å². The predicted molar refractivity (Wildman–Crippen MR) is 48.8 cm³/mol. The zero-order valence-electron chi connectivity index (χ0n) is 7.59. The Labute approximate surface area is 72.7 Å². The minimum Gasteiger partial charge on any atom is -0.464 e. The maximum Gasteiger partial charge on any atom is 0.308 e. The summed E-state index contributed by atoms with van der Waals surface area (Å²) in [4.78, 5) is 10.9. The second kappa shape index (κ2) is 5.47. The van der Waals surface area contributed by atoms with E-state index in [0.29, 0.717) is 11.9 Å². The summed E-state index contributed by atoms with van der Waals surface area (Å²) in [5.74, 6) is -0.116. The van der Waals surface area contributed by atoms with E-state index in [0.717, 1.165) is 0 Å². The zero-order chi connectivity index (χ0) is 8.85. The van der Waals surface area contributed by atoms with Crippen molar-refractivity contribution < 1.29 is 9.53 Å². The van der Waals surface area contributed by atoms with Crippen molar-refractivity contribution in [2.45, 2.75) is 26.0 Å². The van der Waals surface area contributed by atoms with E-state index in [4.69, 9.17) is 4.74 Å². The van der Waals surface area contributed by atoms with Crippen LogP contribution in [0, 0.1) is 5.92 Å². The molecule has 2 nitrogen and oxygen atoms in total. The molecular formula is C8H16O2S. The third-order valence-electron chi connectivity index (χ3n) is 1.33. The lowest BCUT2D eigenvalue weighted by Gasteiger charge is -2.10. The van der Waals surface area contributed by atoms with Gasteiger partial charge in [-0.1, -0.05) is 20.8 Å². The van der Waals surface area contributed by atoms with Gasteiger partial charge in [0.1, 0.15) is 6.61 Å². The van der Waals surface area contributed by atoms with E-state index in [2.05, 4.69) is 0 Å². The molecule has 0 bridgehead atoms. The minimum absolute atomic E-state index is 0.0101. The van der Waals surface area contributed by atoms with Gasteiger partial charge in [0, 0.05) is 5.25 Å². The van der Waals surface area contributed by atoms with Crippen molar-refractivity contribution in [3.8, 4) is 0 Å². The molecule has 0 radical (unpaired) electrons. The van der Waals surface area contributed by atoms with E-state index in [1.165, 1.54) is 0 Å². The van der Waals surface area contributed by atoms with Gasteiger partial charge in [0.25, 0.3) is 0 Å². The first-order valence-corrected chi connectivity index (χ1v) is 5.06. The van der Waals surface area contributed by atoms with Gasteiger partial charge in [-0.2, -0.15) is 11.8 Å². The summed E-state index contributed by atoms with van der Waals surface area (Å²) >= 11 is 1.70. The van der Waals surface area contributed by atoms with Crippen LogP contribution in [0.1, 0.15) is 20.8 Å². The van der Waals surface area contributed by atoms with E-state index in [9.17, 15) is 4.79 Å². The molecule has 0 rings (SSSR count). The van der Waals surface area contributed by atoms with Crippen LogP contribution in [0.2, 0.25) is 0 Å². The van der Waals surface area contributed by atoms with Gasteiger partial charge in [0.05, 0.1) is 5.92 Å². The number of carbonyl (C=O) groups excluding carboxylic acids is 1. The van der Waals surface area contributed by atoms with Gasteiger partial charge in [-0.05, 0) is 6.26 Å². The first kappa shape index (κ1) is 10.8. The quantitative estimate of drug-likeness (QED) is 0.612. The summed E-state index contributed by atoms with van der Waals surface area (Å²) in [5.41, 5.74) is 0. The molecule has 0 aromatic carbocycles. The van der Waals surface area contributed by atoms with E-state index in [-0.39, 0.29) is 11.9 Å². The van der Waals surface area contributed by atoms with Crippen LogP contribution in [0.15, 0.2) is 0 Å². The Hall–Kier alpha value is -0.180. The van der Waals surface area contributed by atoms with Gasteiger partial charge >= 0.3 is 5.97 Å². The molecule has 0 aliphatic carbocycles. The molecular weight excluding hydrogens is 160 g/mol. The lowest BCUT2D eigenvalue weighted by molar-refractivity contribution is -0.147. The third kappa shape index (κ3) is 5.13. The minimum atomic E-state index is -0.106. The molecule has 0 aliphatic rings. The van der Waals surface area contributed by atoms with E-state index in [1.807, 2.05) is 27.0 Å². The van der Waals surface area contributed by atoms with Crippen molar-refractivity contribution in [2.75, 3.05) is 12.9 Å². The number of hydrogen-bond acceptors (Lipinski definition) is 3. The first-order valence-electron chi connectivity index (χ1n) is 3.77. The first-order chi connectivity index (χ1) is 5.07. The van der Waals surface area contributed by atoms with Crippen LogP contribution in [0.25, 0.3) is 0 Å². The van der Waals surface area contributed by atoms with Crippen molar-refractivity contribution in [2.24, 2.45) is 5.92 Å². The Bertz CT molecular complexity index is 123. The fourth-order valence-electron chi connectivity index (χ4n) is 0.434. The molecule has 0 heterocycles. The molecule has 0 saturated carbocycles. The summed E-state index contributed by atoms with van der Waals surface area (Å²) < 4.78 is 5.00. The van der Waals surface area contributed by atoms with Crippen molar-refractivity contribution in [1.82, 2.24) is 0 Å². The molecule has 0 N–H and O–H groups in total. The van der Waals surface area contributed by atoms with E-state index < -0.39 is 0 Å². The number of ether oxygens (including phenoxy) is 1. The van der Waals surface area contributed by atoms with Crippen LogP contribution < -0.4 is 0 Å². The molecule has 0 saturated heterocycles. The molecule has 0 aromatic heterocycles. The van der Waals surface area contributed by atoms with Crippen molar-refractivity contribution in [3.63, 3.8) is 0 Å². The van der Waals surface area contributed by atoms with Crippen molar-refractivity contribution >= 4 is 17.7 Å². The highest BCUT2D eigenvalue weighted by Gasteiger charge is 2.09. The lowest BCUT2D eigenvalue weighted by atomic mass is 10.2. The molecule has 0 spiro atoms. The molecule has 0 fully saturated rings. The van der Waals surface area contributed by atoms with Crippen molar-refractivity contribution in [1.29, 1.82) is 0 Å². The smallest absolute Gasteiger partial charge is 0.308 e. The van der Waals surface area contributed by atoms with Crippen LogP contribution in [-0.2, 0) is 9.53 Å². The average Bonchev–Trinajstić information content (AvgIpc) is 1.99. The zero-order valence-corrected chi connectivity index (χ0v) is 8.40. The number of carbonyl (C=O) groups is 1. The van der Waals surface area contributed by atoms with Crippen LogP contribution >= 0.6 is 11.8 Å². The standard InChI is InChI=1S/C8H16O2S/c1-6(2)8(9)10-5-7(3)11-4/h6-7H,5H2,1-4H3. The monoisotopic (exact) mass is 176 g/mol. The Morgan fingerprint density at radius 1 is 1.45 bits per heavy atom. The topological polar surface area (TPSA) is 26.3 Å². The molecule has 1 atom stereocenters. The van der Waals surface area contributed by atoms with Gasteiger partial charge in [0.2, 0.25) is 0 Å². The number of rotatable bonds is 4. The van der Waals surface area contributed by atoms with E-state index in [1.54, 1.807) is 11.8 Å². The molecule has 0 aromatic rings. The highest BCUT2D eigenvalue weighted by atomic mass is 32.2. The van der Waals surface area contributed by atoms with Gasteiger partial charge in [-0.15, -0.1) is 0 Å². The fourth-order valence-corrected chi connectivity index (χ4v) is 0.638. The molecule has 66 valence electrons. The van der Waals surface area contributed by atoms with Crippen LogP contribution in [0.3, 0.4) is 0 Å². The maximum absolute atomic E-state index is 10.9. The van der Waals surface area contributed by atoms with E-state index >= 15 is 0 Å². The fraction of sp³-hybridized carbons (Fsp3) is 0.875. The highest BCUT2D eigenvalue weighted by Crippen LogP contribution is 2.06. The second-order valence-corrected chi connectivity index (χ2v) is 4.11. The van der Waals surface area contributed by atoms with Gasteiger partial charge < -0.3 is 4.74 Å². The molecule has 0 amide bonds. The predicted octanol–water partition coefficient (Wildman–Crippen LogP) is 1.94. The Balaban J connectivity index is 3.46. The number of thioether (sulfide) groups is 1. The molecule has 11 heavy (non-hydrogen) atoms. The largest absolute Gasteiger partial charge is 0.464 e. The Morgan fingerprint density at radius 2 is 2.00 bits per heavy atom. The Kier molecular flexibility index (Phi) is 5.38. The number of hydrogen-bond donors (Lipinski definition) is 0. The Morgan fingerprint density at radius 3 is 2.36 bits per heavy atom. The van der Waals surface area contributed by atoms with Gasteiger partial charge in [0.15, 0.2) is 0 Å². The number of esters is 1. The maximum atomic E-state index is 10.9. The molecule has 0 aliphatic heterocycles. The summed E-state index contributed by atoms with van der Waals surface area (Å²) in [5, 5.41) is 0.401. The lowest BCUT2D eigenvalue weighted by Crippen LogP contribution is -2.17. The van der Waals surface area contributed by atoms with Crippen LogP contribution in [-0.4, -0.2) is 24.1 Å². The third-order valence-corrected chi connectivity index (χ3v) is 2.27. The summed E-state index contributed by atoms with van der Waals surface area (Å²) in [6.45, 7) is 6.24. The highest BCUT2D eigenvalue weighted by molar-refractivity contribution is 7.99. The summed E-state index contributed by atoms with van der Waals surface area (Å²) in [6, 6.07) is 0. The van der Waals surface area contributed by atoms with Crippen LogP contribution in [0.5, 0.6) is 0 Å². The normalized spacial score (nSPS) is 13.2. The molecule has 3 heteroatoms. The second-order valence-electron chi connectivity index (χ2n) is 2.83. The summed E-state index contributed by atoms with van der Waals surface area (Å²) in [6.07, 6.45) is 2.01.